The van der Waals surface area contributed by atoms with E-state index in [-0.39, 0.29) is 53.1 Å². The summed E-state index contributed by atoms with van der Waals surface area (Å²) in [6.07, 6.45) is 3.98. The van der Waals surface area contributed by atoms with Gasteiger partial charge < -0.3 is 19.1 Å². The van der Waals surface area contributed by atoms with Crippen LogP contribution in [0.1, 0.15) is 96.0 Å². The van der Waals surface area contributed by atoms with Crippen molar-refractivity contribution >= 4 is 27.8 Å². The molecule has 14 nitrogen and oxygen atoms in total. The van der Waals surface area contributed by atoms with Gasteiger partial charge >= 0.3 is 21.7 Å². The summed E-state index contributed by atoms with van der Waals surface area (Å²) in [5, 5.41) is 17.1. The van der Waals surface area contributed by atoms with Gasteiger partial charge in [0.25, 0.3) is 5.91 Å². The minimum absolute atomic E-state index is 0.112. The number of alkyl carbamates (subject to hydrolysis) is 1. The van der Waals surface area contributed by atoms with Gasteiger partial charge in [0.05, 0.1) is 28.9 Å². The van der Waals surface area contributed by atoms with Crippen LogP contribution in [0.2, 0.25) is 0 Å². The van der Waals surface area contributed by atoms with Crippen molar-refractivity contribution in [2.45, 2.75) is 75.6 Å². The number of fused-ring (bicyclic) bond motifs is 9. The number of hydrogen-bond donors (Lipinski definition) is 1. The molecule has 1 fully saturated rings. The molecule has 2 atom stereocenters. The third-order valence-corrected chi connectivity index (χ3v) is 10.1. The highest BCUT2D eigenvalue weighted by Crippen LogP contribution is 2.54. The molecular formula is C33H31F3N8O6S. The van der Waals surface area contributed by atoms with Gasteiger partial charge in [0.15, 0.2) is 11.5 Å². The van der Waals surface area contributed by atoms with E-state index in [1.54, 1.807) is 33.8 Å². The largest absolute Gasteiger partial charge is 0.534 e. The Labute approximate surface area is 293 Å². The highest BCUT2D eigenvalue weighted by molar-refractivity contribution is 7.88. The summed E-state index contributed by atoms with van der Waals surface area (Å²) in [5.41, 5.74) is -7.82. The second-order valence-electron chi connectivity index (χ2n) is 14.1. The van der Waals surface area contributed by atoms with Crippen LogP contribution in [0.25, 0.3) is 16.9 Å². The first-order chi connectivity index (χ1) is 25.0. The van der Waals surface area contributed by atoms with Crippen molar-refractivity contribution in [1.82, 2.24) is 34.8 Å². The SMILES string of the molecule is [2H]C([2H])([2H])N1C(=O)c2cccc(OS(=O)(=O)C(F)(F)F)c2[C@H]2C[C@@H]1c1nn3ccc(-c4cnc(C5(NC(=O)OC(C)(C)C)CC(C)(C#N)C5)nc4)nc3c12. The van der Waals surface area contributed by atoms with Gasteiger partial charge in [0.2, 0.25) is 0 Å². The average Bonchev–Trinajstić information content (AvgIpc) is 3.54. The van der Waals surface area contributed by atoms with E-state index >= 15 is 0 Å². The number of carbonyl (C=O) groups is 2. The summed E-state index contributed by atoms with van der Waals surface area (Å²) in [5.74, 6) is -2.70. The van der Waals surface area contributed by atoms with Crippen LogP contribution < -0.4 is 9.50 Å². The molecule has 1 N–H and O–H groups in total. The van der Waals surface area contributed by atoms with Crippen LogP contribution in [0.15, 0.2) is 42.9 Å². The smallest absolute Gasteiger partial charge is 0.444 e. The molecule has 1 aromatic carbocycles. The molecule has 4 aromatic rings. The molecule has 2 aliphatic carbocycles. The first kappa shape index (κ1) is 30.5. The maximum atomic E-state index is 13.8. The number of nitrogens with one attached hydrogen (secondary N) is 1. The first-order valence-electron chi connectivity index (χ1n) is 17.1. The van der Waals surface area contributed by atoms with E-state index in [0.717, 1.165) is 12.1 Å². The molecule has 2 amide bonds. The monoisotopic (exact) mass is 727 g/mol. The summed E-state index contributed by atoms with van der Waals surface area (Å²) < 4.78 is 101. The Morgan fingerprint density at radius 1 is 1.16 bits per heavy atom. The minimum Gasteiger partial charge on any atom is -0.444 e. The number of benzene rings is 1. The zero-order valence-electron chi connectivity index (χ0n) is 30.4. The standard InChI is InChI=1S/C33H31F3N8O6S/c1-30(2,3)49-29(46)41-32(14-31(4,15-32)16-37)28-38-12-17(13-39-28)20-9-10-44-26(40-20)24-19-11-21(25(24)42-44)43(5)27(45)18-7-6-8-22(23(18)19)50-51(47,48)33(34,35)36/h6-10,12-13,19,21H,11,14-15H2,1-5H3,(H,41,46)/t19-,21-,31?,32?/m1/s1/i5D3. The van der Waals surface area contributed by atoms with Crippen molar-refractivity contribution in [3.8, 4) is 23.1 Å². The Kier molecular flexibility index (Phi) is 6.64. The molecule has 7 rings (SSSR count). The normalized spacial score (nSPS) is 25.3. The number of nitrogens with zero attached hydrogens (tertiary/aromatic N) is 7. The zero-order chi connectivity index (χ0) is 39.4. The van der Waals surface area contributed by atoms with Crippen LogP contribution in [0.4, 0.5) is 18.0 Å². The van der Waals surface area contributed by atoms with Gasteiger partial charge in [-0.2, -0.15) is 31.9 Å². The Morgan fingerprint density at radius 3 is 2.49 bits per heavy atom. The van der Waals surface area contributed by atoms with Crippen LogP contribution in [-0.4, -0.2) is 68.0 Å². The van der Waals surface area contributed by atoms with Crippen LogP contribution in [0.3, 0.4) is 0 Å². The minimum atomic E-state index is -6.19. The van der Waals surface area contributed by atoms with Crippen LogP contribution in [0.5, 0.6) is 5.75 Å². The van der Waals surface area contributed by atoms with Gasteiger partial charge in [-0.15, -0.1) is 0 Å². The number of halogens is 3. The molecule has 2 bridgehead atoms. The second kappa shape index (κ2) is 11.1. The third kappa shape index (κ3) is 5.59. The predicted molar refractivity (Wildman–Crippen MR) is 171 cm³/mol. The summed E-state index contributed by atoms with van der Waals surface area (Å²) in [6.45, 7) is 3.87. The number of hydrogen-bond acceptors (Lipinski definition) is 11. The fourth-order valence-corrected chi connectivity index (χ4v) is 7.59. The van der Waals surface area contributed by atoms with E-state index in [4.69, 9.17) is 13.8 Å². The average molecular weight is 728 g/mol. The molecule has 18 heteroatoms. The first-order valence-corrected chi connectivity index (χ1v) is 17.0. The maximum absolute atomic E-state index is 13.8. The fraction of sp³-hybridized carbons (Fsp3) is 0.424. The molecule has 4 heterocycles. The highest BCUT2D eigenvalue weighted by atomic mass is 32.2. The van der Waals surface area contributed by atoms with Crippen LogP contribution in [-0.2, 0) is 20.4 Å². The molecule has 266 valence electrons. The Bertz CT molecular complexity index is 2390. The number of ether oxygens (including phenoxy) is 1. The number of carbonyl (C=O) groups excluding carboxylic acids is 2. The number of aromatic nitrogens is 5. The quantitative estimate of drug-likeness (QED) is 0.213. The van der Waals surface area contributed by atoms with E-state index < -0.39 is 68.9 Å². The van der Waals surface area contributed by atoms with Crippen molar-refractivity contribution in [2.24, 2.45) is 5.41 Å². The Morgan fingerprint density at radius 2 is 1.86 bits per heavy atom. The van der Waals surface area contributed by atoms with E-state index in [9.17, 15) is 36.4 Å². The van der Waals surface area contributed by atoms with Crippen LogP contribution >= 0.6 is 0 Å². The van der Waals surface area contributed by atoms with Gasteiger partial charge in [0.1, 0.15) is 16.9 Å². The summed E-state index contributed by atoms with van der Waals surface area (Å²) >= 11 is 0. The third-order valence-electron chi connectivity index (χ3n) is 9.10. The number of alkyl halides is 3. The molecule has 3 aliphatic rings. The number of nitriles is 1. The van der Waals surface area contributed by atoms with Crippen molar-refractivity contribution in [3.63, 3.8) is 0 Å². The van der Waals surface area contributed by atoms with Crippen molar-refractivity contribution in [2.75, 3.05) is 6.98 Å². The second-order valence-corrected chi connectivity index (χ2v) is 15.6. The number of rotatable bonds is 5. The van der Waals surface area contributed by atoms with Crippen LogP contribution in [0, 0.1) is 16.7 Å². The lowest BCUT2D eigenvalue weighted by Gasteiger charge is -2.49. The van der Waals surface area contributed by atoms with Gasteiger partial charge in [-0.3, -0.25) is 4.79 Å². The Balaban J connectivity index is 1.31. The summed E-state index contributed by atoms with van der Waals surface area (Å²) in [6, 6.07) is 5.88. The highest BCUT2D eigenvalue weighted by Gasteiger charge is 2.57. The van der Waals surface area contributed by atoms with E-state index in [1.807, 2.05) is 0 Å². The molecule has 51 heavy (non-hydrogen) atoms. The summed E-state index contributed by atoms with van der Waals surface area (Å²) in [4.78, 5) is 41.0. The van der Waals surface area contributed by atoms with Gasteiger partial charge in [-0.25, -0.2) is 24.3 Å². The maximum Gasteiger partial charge on any atom is 0.534 e. The lowest BCUT2D eigenvalue weighted by molar-refractivity contribution is -0.0500. The van der Waals surface area contributed by atoms with E-state index in [2.05, 4.69) is 30.6 Å². The van der Waals surface area contributed by atoms with Gasteiger partial charge in [0, 0.05) is 57.9 Å². The topological polar surface area (TPSA) is 182 Å². The molecule has 0 saturated heterocycles. The lowest BCUT2D eigenvalue weighted by Crippen LogP contribution is -2.59. The molecule has 1 saturated carbocycles. The van der Waals surface area contributed by atoms with Gasteiger partial charge in [-0.05, 0) is 65.2 Å². The molecular weight excluding hydrogens is 693 g/mol. The molecule has 0 spiro atoms. The van der Waals surface area contributed by atoms with E-state index in [0.29, 0.717) is 16.2 Å². The molecule has 3 aromatic heterocycles. The molecule has 0 unspecified atom stereocenters. The Hall–Kier alpha value is -5.31. The molecule has 0 radical (unpaired) electrons. The zero-order valence-corrected chi connectivity index (χ0v) is 28.3. The fourth-order valence-electron chi connectivity index (χ4n) is 7.11. The number of amides is 2. The predicted octanol–water partition coefficient (Wildman–Crippen LogP) is 5.12. The van der Waals surface area contributed by atoms with Crippen molar-refractivity contribution in [3.05, 3.63) is 71.1 Å². The molecule has 1 aliphatic heterocycles. The van der Waals surface area contributed by atoms with Crippen molar-refractivity contribution in [1.29, 1.82) is 5.26 Å². The van der Waals surface area contributed by atoms with Gasteiger partial charge in [-0.1, -0.05) is 6.07 Å². The summed E-state index contributed by atoms with van der Waals surface area (Å²) in [7, 11) is -6.19. The van der Waals surface area contributed by atoms with E-state index in [1.165, 1.54) is 29.2 Å². The lowest BCUT2D eigenvalue weighted by atomic mass is 9.58. The van der Waals surface area contributed by atoms with Crippen molar-refractivity contribution < 1.29 is 44.2 Å².